The molecule has 1 saturated carbocycles. The van der Waals surface area contributed by atoms with Crippen LogP contribution in [0.5, 0.6) is 0 Å². The van der Waals surface area contributed by atoms with Gasteiger partial charge in [0.2, 0.25) is 0 Å². The number of pyridine rings is 1. The lowest BCUT2D eigenvalue weighted by Crippen LogP contribution is -2.26. The van der Waals surface area contributed by atoms with Crippen LogP contribution in [0.4, 0.5) is 0 Å². The molecule has 4 heteroatoms. The van der Waals surface area contributed by atoms with Crippen LogP contribution in [0.1, 0.15) is 49.4 Å². The molecule has 19 heavy (non-hydrogen) atoms. The first-order chi connectivity index (χ1) is 9.11. The van der Waals surface area contributed by atoms with Gasteiger partial charge in [0.05, 0.1) is 17.3 Å². The number of rotatable bonds is 2. The van der Waals surface area contributed by atoms with Gasteiger partial charge in [-0.3, -0.25) is 0 Å². The molecule has 0 bridgehead atoms. The number of nitrogens with one attached hydrogen (secondary N) is 1. The molecule has 2 fully saturated rings. The zero-order valence-electron chi connectivity index (χ0n) is 11.1. The minimum atomic E-state index is -0.611. The largest absolute Gasteiger partial charge is 0.389 e. The first kappa shape index (κ1) is 11.4. The lowest BCUT2D eigenvalue weighted by atomic mass is 10.0. The zero-order chi connectivity index (χ0) is 13.0. The molecule has 0 aromatic carbocycles. The van der Waals surface area contributed by atoms with Crippen molar-refractivity contribution in [2.45, 2.75) is 43.7 Å². The van der Waals surface area contributed by atoms with Gasteiger partial charge in [-0.15, -0.1) is 0 Å². The average Bonchev–Trinajstić information content (AvgIpc) is 3.03. The fourth-order valence-electron chi connectivity index (χ4n) is 2.99. The Kier molecular flexibility index (Phi) is 2.29. The fraction of sp³-hybridized carbons (Fsp3) is 0.533. The molecule has 2 atom stereocenters. The van der Waals surface area contributed by atoms with Gasteiger partial charge in [0, 0.05) is 18.9 Å². The summed E-state index contributed by atoms with van der Waals surface area (Å²) in [6.07, 6.45) is 7.67. The summed E-state index contributed by atoms with van der Waals surface area (Å²) in [6, 6.07) is 4.46. The molecule has 2 aromatic rings. The van der Waals surface area contributed by atoms with Crippen LogP contribution >= 0.6 is 0 Å². The molecule has 1 aliphatic heterocycles. The van der Waals surface area contributed by atoms with Gasteiger partial charge in [-0.25, -0.2) is 4.98 Å². The lowest BCUT2D eigenvalue weighted by Gasteiger charge is -2.13. The van der Waals surface area contributed by atoms with Gasteiger partial charge in [-0.1, -0.05) is 6.07 Å². The van der Waals surface area contributed by atoms with Gasteiger partial charge in [-0.2, -0.15) is 0 Å². The van der Waals surface area contributed by atoms with Crippen molar-refractivity contribution >= 4 is 5.65 Å². The Balaban J connectivity index is 1.68. The van der Waals surface area contributed by atoms with E-state index in [1.807, 2.05) is 6.92 Å². The maximum Gasteiger partial charge on any atom is 0.137 e. The van der Waals surface area contributed by atoms with E-state index in [0.717, 1.165) is 23.7 Å². The van der Waals surface area contributed by atoms with Crippen LogP contribution in [0.25, 0.3) is 5.65 Å². The second-order valence-electron chi connectivity index (χ2n) is 6.30. The number of fused-ring (bicyclic) bond motifs is 1. The molecule has 1 aliphatic carbocycles. The quantitative estimate of drug-likeness (QED) is 0.865. The second kappa shape index (κ2) is 3.81. The van der Waals surface area contributed by atoms with Crippen molar-refractivity contribution in [3.63, 3.8) is 0 Å². The van der Waals surface area contributed by atoms with Gasteiger partial charge in [-0.05, 0) is 43.7 Å². The number of nitrogens with zero attached hydrogens (tertiary/aromatic N) is 2. The van der Waals surface area contributed by atoms with Gasteiger partial charge < -0.3 is 14.8 Å². The van der Waals surface area contributed by atoms with E-state index in [0.29, 0.717) is 6.54 Å². The summed E-state index contributed by atoms with van der Waals surface area (Å²) >= 11 is 0. The van der Waals surface area contributed by atoms with E-state index in [1.165, 1.54) is 18.4 Å². The van der Waals surface area contributed by atoms with Crippen molar-refractivity contribution in [2.75, 3.05) is 6.54 Å². The summed E-state index contributed by atoms with van der Waals surface area (Å²) in [5.74, 6) is 0.764. The Bertz CT molecular complexity index is 627. The Morgan fingerprint density at radius 1 is 1.37 bits per heavy atom. The summed E-state index contributed by atoms with van der Waals surface area (Å²) in [5.41, 5.74) is 2.83. The van der Waals surface area contributed by atoms with E-state index in [4.69, 9.17) is 0 Å². The predicted octanol–water partition coefficient (Wildman–Crippen LogP) is 2.00. The van der Waals surface area contributed by atoms with E-state index in [1.54, 1.807) is 0 Å². The number of aliphatic hydroxyl groups is 1. The summed E-state index contributed by atoms with van der Waals surface area (Å²) in [4.78, 5) is 4.67. The third-order valence-electron chi connectivity index (χ3n) is 4.27. The van der Waals surface area contributed by atoms with Gasteiger partial charge >= 0.3 is 0 Å². The van der Waals surface area contributed by atoms with Crippen molar-refractivity contribution in [2.24, 2.45) is 0 Å². The molecule has 2 aliphatic rings. The van der Waals surface area contributed by atoms with Crippen molar-refractivity contribution in [3.8, 4) is 0 Å². The average molecular weight is 257 g/mol. The number of aromatic nitrogens is 2. The Hall–Kier alpha value is -1.39. The maximum absolute atomic E-state index is 10.0. The highest BCUT2D eigenvalue weighted by atomic mass is 16.3. The van der Waals surface area contributed by atoms with Crippen molar-refractivity contribution in [1.82, 2.24) is 14.7 Å². The van der Waals surface area contributed by atoms with Crippen LogP contribution in [-0.4, -0.2) is 26.6 Å². The van der Waals surface area contributed by atoms with Crippen LogP contribution in [0.3, 0.4) is 0 Å². The monoisotopic (exact) mass is 257 g/mol. The molecule has 3 heterocycles. The minimum Gasteiger partial charge on any atom is -0.389 e. The lowest BCUT2D eigenvalue weighted by molar-refractivity contribution is 0.0791. The topological polar surface area (TPSA) is 49.6 Å². The Labute approximate surface area is 112 Å². The smallest absolute Gasteiger partial charge is 0.137 e. The number of imidazole rings is 1. The maximum atomic E-state index is 10.0. The molecule has 2 N–H and O–H groups in total. The predicted molar refractivity (Wildman–Crippen MR) is 73.2 cm³/mol. The number of hydrogen-bond donors (Lipinski definition) is 2. The van der Waals surface area contributed by atoms with Crippen molar-refractivity contribution in [1.29, 1.82) is 0 Å². The zero-order valence-corrected chi connectivity index (χ0v) is 11.1. The number of hydrogen-bond acceptors (Lipinski definition) is 3. The first-order valence-corrected chi connectivity index (χ1v) is 7.05. The highest BCUT2D eigenvalue weighted by molar-refractivity contribution is 5.43. The van der Waals surface area contributed by atoms with E-state index < -0.39 is 5.60 Å². The van der Waals surface area contributed by atoms with Crippen LogP contribution in [-0.2, 0) is 0 Å². The van der Waals surface area contributed by atoms with Gasteiger partial charge in [0.1, 0.15) is 5.65 Å². The molecule has 100 valence electrons. The standard InChI is InChI=1S/C15H19N3O/c1-15(19)6-12(16-9-15)13-8-18-7-11(10-2-3-10)4-5-14(18)17-13/h4-5,7-8,10,12,16,19H,2-3,6,9H2,1H3/t12-,15?/m1/s1. The van der Waals surface area contributed by atoms with Gasteiger partial charge in [0.15, 0.2) is 0 Å². The van der Waals surface area contributed by atoms with E-state index >= 15 is 0 Å². The summed E-state index contributed by atoms with van der Waals surface area (Å²) < 4.78 is 2.12. The van der Waals surface area contributed by atoms with Crippen LogP contribution < -0.4 is 5.32 Å². The van der Waals surface area contributed by atoms with Gasteiger partial charge in [0.25, 0.3) is 0 Å². The molecule has 0 amide bonds. The van der Waals surface area contributed by atoms with E-state index in [2.05, 4.69) is 39.2 Å². The number of β-amino-alcohol motifs (C(OH)–C–C–N with tert-alkyl or cyclic N) is 1. The fourth-order valence-corrected chi connectivity index (χ4v) is 2.99. The normalized spacial score (nSPS) is 31.2. The van der Waals surface area contributed by atoms with Crippen LogP contribution in [0.15, 0.2) is 24.5 Å². The molecule has 0 radical (unpaired) electrons. The van der Waals surface area contributed by atoms with Crippen molar-refractivity contribution in [3.05, 3.63) is 35.8 Å². The summed E-state index contributed by atoms with van der Waals surface area (Å²) in [5, 5.41) is 13.4. The molecule has 1 saturated heterocycles. The van der Waals surface area contributed by atoms with Crippen molar-refractivity contribution < 1.29 is 5.11 Å². The Morgan fingerprint density at radius 3 is 2.89 bits per heavy atom. The highest BCUT2D eigenvalue weighted by Gasteiger charge is 2.34. The third kappa shape index (κ3) is 2.05. The molecule has 4 nitrogen and oxygen atoms in total. The molecular formula is C15H19N3O. The Morgan fingerprint density at radius 2 is 2.21 bits per heavy atom. The summed E-state index contributed by atoms with van der Waals surface area (Å²) in [7, 11) is 0. The van der Waals surface area contributed by atoms with Crippen LogP contribution in [0.2, 0.25) is 0 Å². The third-order valence-corrected chi connectivity index (χ3v) is 4.27. The second-order valence-corrected chi connectivity index (χ2v) is 6.30. The SMILES string of the molecule is CC1(O)CN[C@@H](c2cn3cc(C4CC4)ccc3n2)C1. The van der Waals surface area contributed by atoms with E-state index in [9.17, 15) is 5.11 Å². The highest BCUT2D eigenvalue weighted by Crippen LogP contribution is 2.40. The summed E-state index contributed by atoms with van der Waals surface area (Å²) in [6.45, 7) is 2.51. The van der Waals surface area contributed by atoms with Crippen LogP contribution in [0, 0.1) is 0 Å². The minimum absolute atomic E-state index is 0.166. The molecule has 2 aromatic heterocycles. The molecular weight excluding hydrogens is 238 g/mol. The van der Waals surface area contributed by atoms with E-state index in [-0.39, 0.29) is 6.04 Å². The molecule has 0 spiro atoms. The first-order valence-electron chi connectivity index (χ1n) is 7.05. The molecule has 4 rings (SSSR count). The molecule has 1 unspecified atom stereocenters.